The fourth-order valence-corrected chi connectivity index (χ4v) is 0.879. The molecule has 0 amide bonds. The molecule has 0 saturated heterocycles. The van der Waals surface area contributed by atoms with Gasteiger partial charge in [0.2, 0.25) is 0 Å². The Bertz CT molecular complexity index is 219. The van der Waals surface area contributed by atoms with Gasteiger partial charge in [-0.15, -0.1) is 5.10 Å². The number of rotatable bonds is 3. The van der Waals surface area contributed by atoms with Crippen molar-refractivity contribution in [1.29, 1.82) is 0 Å². The molecule has 1 N–H and O–H groups in total. The largest absolute Gasteiger partial charge is 0.307 e. The minimum atomic E-state index is 0.707. The first-order valence-electron chi connectivity index (χ1n) is 3.81. The molecule has 0 unspecified atom stereocenters. The van der Waals surface area contributed by atoms with Gasteiger partial charge in [0, 0.05) is 12.2 Å². The lowest BCUT2D eigenvalue weighted by Crippen LogP contribution is -2.17. The highest BCUT2D eigenvalue weighted by molar-refractivity contribution is 4.86. The second-order valence-electron chi connectivity index (χ2n) is 2.71. The Morgan fingerprint density at radius 3 is 3.00 bits per heavy atom. The number of nitrogens with one attached hydrogen (secondary N) is 1. The highest BCUT2D eigenvalue weighted by Gasteiger charge is 2.20. The molecular formula is C7H10N4. The van der Waals surface area contributed by atoms with Crippen molar-refractivity contribution >= 4 is 0 Å². The van der Waals surface area contributed by atoms with Gasteiger partial charge in [0.05, 0.1) is 12.7 Å². The summed E-state index contributed by atoms with van der Waals surface area (Å²) < 4.78 is 0. The molecule has 1 heterocycles. The van der Waals surface area contributed by atoms with E-state index in [1.807, 2.05) is 0 Å². The van der Waals surface area contributed by atoms with Crippen molar-refractivity contribution < 1.29 is 0 Å². The van der Waals surface area contributed by atoms with Crippen molar-refractivity contribution in [2.45, 2.75) is 25.4 Å². The van der Waals surface area contributed by atoms with Crippen LogP contribution in [0.2, 0.25) is 0 Å². The molecule has 1 fully saturated rings. The Kier molecular flexibility index (Phi) is 1.77. The monoisotopic (exact) mass is 150 g/mol. The molecule has 2 rings (SSSR count). The predicted molar refractivity (Wildman–Crippen MR) is 39.7 cm³/mol. The van der Waals surface area contributed by atoms with E-state index in [2.05, 4.69) is 20.5 Å². The van der Waals surface area contributed by atoms with Crippen LogP contribution in [0.4, 0.5) is 0 Å². The number of hydrogen-bond donors (Lipinski definition) is 1. The summed E-state index contributed by atoms with van der Waals surface area (Å²) in [6, 6.07) is 0.707. The average Bonchev–Trinajstić information content (AvgIpc) is 2.86. The van der Waals surface area contributed by atoms with Crippen LogP contribution in [0.3, 0.4) is 0 Å². The Labute approximate surface area is 65.1 Å². The summed E-state index contributed by atoms with van der Waals surface area (Å²) in [5.41, 5.74) is 0. The lowest BCUT2D eigenvalue weighted by Gasteiger charge is -1.97. The zero-order valence-corrected chi connectivity index (χ0v) is 6.20. The molecule has 58 valence electrons. The van der Waals surface area contributed by atoms with Crippen LogP contribution >= 0.6 is 0 Å². The van der Waals surface area contributed by atoms with Crippen molar-refractivity contribution in [1.82, 2.24) is 20.5 Å². The number of nitrogens with zero attached hydrogens (tertiary/aromatic N) is 3. The van der Waals surface area contributed by atoms with Gasteiger partial charge >= 0.3 is 0 Å². The first-order valence-corrected chi connectivity index (χ1v) is 3.81. The Morgan fingerprint density at radius 2 is 2.36 bits per heavy atom. The van der Waals surface area contributed by atoms with Crippen LogP contribution in [0.5, 0.6) is 0 Å². The third-order valence-electron chi connectivity index (χ3n) is 1.66. The number of aromatic nitrogens is 3. The first-order chi connectivity index (χ1) is 5.45. The molecule has 0 radical (unpaired) electrons. The summed E-state index contributed by atoms with van der Waals surface area (Å²) in [5, 5.41) is 10.9. The lowest BCUT2D eigenvalue weighted by molar-refractivity contribution is 0.645. The van der Waals surface area contributed by atoms with Crippen molar-refractivity contribution in [3.63, 3.8) is 0 Å². The molecule has 0 aromatic carbocycles. The standard InChI is InChI=1S/C7H10N4/c1-2-6(1)9-5-7-8-3-4-10-11-7/h3-4,6,9H,1-2,5H2. The minimum Gasteiger partial charge on any atom is -0.307 e. The summed E-state index contributed by atoms with van der Waals surface area (Å²) in [6.45, 7) is 0.749. The summed E-state index contributed by atoms with van der Waals surface area (Å²) in [5.74, 6) is 0.777. The molecule has 4 nitrogen and oxygen atoms in total. The highest BCUT2D eigenvalue weighted by Crippen LogP contribution is 2.18. The van der Waals surface area contributed by atoms with Gasteiger partial charge in [-0.3, -0.25) is 0 Å². The number of hydrogen-bond acceptors (Lipinski definition) is 4. The van der Waals surface area contributed by atoms with E-state index in [-0.39, 0.29) is 0 Å². The molecule has 1 aliphatic carbocycles. The van der Waals surface area contributed by atoms with Gasteiger partial charge in [-0.05, 0) is 12.8 Å². The van der Waals surface area contributed by atoms with Gasteiger partial charge in [0.1, 0.15) is 0 Å². The van der Waals surface area contributed by atoms with E-state index in [0.29, 0.717) is 6.04 Å². The van der Waals surface area contributed by atoms with Crippen LogP contribution < -0.4 is 5.32 Å². The second kappa shape index (κ2) is 2.92. The zero-order valence-electron chi connectivity index (χ0n) is 6.20. The molecule has 0 aliphatic heterocycles. The fraction of sp³-hybridized carbons (Fsp3) is 0.571. The summed E-state index contributed by atoms with van der Waals surface area (Å²) in [4.78, 5) is 4.04. The summed E-state index contributed by atoms with van der Waals surface area (Å²) in [6.07, 6.45) is 5.83. The topological polar surface area (TPSA) is 50.7 Å². The Hall–Kier alpha value is -1.03. The molecule has 0 spiro atoms. The van der Waals surface area contributed by atoms with Crippen LogP contribution in [-0.2, 0) is 6.54 Å². The molecule has 1 aliphatic rings. The van der Waals surface area contributed by atoms with E-state index in [0.717, 1.165) is 12.4 Å². The van der Waals surface area contributed by atoms with E-state index in [9.17, 15) is 0 Å². The molecule has 1 aromatic rings. The van der Waals surface area contributed by atoms with Crippen molar-refractivity contribution in [2.24, 2.45) is 0 Å². The first kappa shape index (κ1) is 6.67. The lowest BCUT2D eigenvalue weighted by atomic mass is 10.5. The smallest absolute Gasteiger partial charge is 0.164 e. The Balaban J connectivity index is 1.85. The van der Waals surface area contributed by atoms with E-state index >= 15 is 0 Å². The maximum absolute atomic E-state index is 4.04. The van der Waals surface area contributed by atoms with Gasteiger partial charge in [-0.2, -0.15) is 5.10 Å². The van der Waals surface area contributed by atoms with Crippen LogP contribution in [0, 0.1) is 0 Å². The van der Waals surface area contributed by atoms with Crippen molar-refractivity contribution in [3.05, 3.63) is 18.2 Å². The van der Waals surface area contributed by atoms with Gasteiger partial charge in [0.25, 0.3) is 0 Å². The maximum Gasteiger partial charge on any atom is 0.164 e. The summed E-state index contributed by atoms with van der Waals surface area (Å²) in [7, 11) is 0. The van der Waals surface area contributed by atoms with Gasteiger partial charge in [-0.1, -0.05) is 0 Å². The maximum atomic E-state index is 4.04. The van der Waals surface area contributed by atoms with Crippen LogP contribution in [0.25, 0.3) is 0 Å². The molecule has 11 heavy (non-hydrogen) atoms. The van der Waals surface area contributed by atoms with Crippen molar-refractivity contribution in [3.8, 4) is 0 Å². The predicted octanol–water partition coefficient (Wildman–Crippen LogP) is 0.124. The quantitative estimate of drug-likeness (QED) is 0.665. The average molecular weight is 150 g/mol. The molecule has 0 bridgehead atoms. The molecular weight excluding hydrogens is 140 g/mol. The highest BCUT2D eigenvalue weighted by atomic mass is 15.2. The van der Waals surface area contributed by atoms with Crippen LogP contribution in [-0.4, -0.2) is 21.2 Å². The molecule has 1 saturated carbocycles. The Morgan fingerprint density at radius 1 is 1.45 bits per heavy atom. The zero-order chi connectivity index (χ0) is 7.52. The minimum absolute atomic E-state index is 0.707. The molecule has 0 atom stereocenters. The van der Waals surface area contributed by atoms with Crippen LogP contribution in [0.1, 0.15) is 18.7 Å². The van der Waals surface area contributed by atoms with Gasteiger partial charge in [-0.25, -0.2) is 4.98 Å². The van der Waals surface area contributed by atoms with E-state index in [1.54, 1.807) is 12.4 Å². The normalized spacial score (nSPS) is 16.7. The SMILES string of the molecule is c1cnc(CNC2CC2)nn1. The van der Waals surface area contributed by atoms with E-state index in [4.69, 9.17) is 0 Å². The molecule has 1 aromatic heterocycles. The van der Waals surface area contributed by atoms with Crippen LogP contribution in [0.15, 0.2) is 12.4 Å². The second-order valence-corrected chi connectivity index (χ2v) is 2.71. The third kappa shape index (κ3) is 1.94. The fourth-order valence-electron chi connectivity index (χ4n) is 0.879. The molecule has 4 heteroatoms. The van der Waals surface area contributed by atoms with Gasteiger partial charge in [0.15, 0.2) is 5.82 Å². The van der Waals surface area contributed by atoms with E-state index in [1.165, 1.54) is 12.8 Å². The van der Waals surface area contributed by atoms with E-state index < -0.39 is 0 Å². The third-order valence-corrected chi connectivity index (χ3v) is 1.66. The van der Waals surface area contributed by atoms with Gasteiger partial charge < -0.3 is 5.32 Å². The summed E-state index contributed by atoms with van der Waals surface area (Å²) >= 11 is 0. The van der Waals surface area contributed by atoms with Crippen molar-refractivity contribution in [2.75, 3.05) is 0 Å².